The number of phosphoric acid groups is 1. The Morgan fingerprint density at radius 1 is 0.694 bits per heavy atom. The van der Waals surface area contributed by atoms with E-state index in [4.69, 9.17) is 24.0 Å². The zero-order chi connectivity index (χ0) is 36.0. The van der Waals surface area contributed by atoms with Crippen molar-refractivity contribution in [2.24, 2.45) is 5.92 Å². The van der Waals surface area contributed by atoms with Crippen LogP contribution in [0.5, 0.6) is 0 Å². The van der Waals surface area contributed by atoms with E-state index in [-0.39, 0.29) is 19.4 Å². The van der Waals surface area contributed by atoms with Crippen LogP contribution >= 0.6 is 7.82 Å². The Morgan fingerprint density at radius 2 is 1.24 bits per heavy atom. The summed E-state index contributed by atoms with van der Waals surface area (Å²) >= 11 is 0. The lowest BCUT2D eigenvalue weighted by Gasteiger charge is -2.18. The molecule has 49 heavy (non-hydrogen) atoms. The number of carbonyl (C=O) groups is 2. The molecule has 0 aromatic heterocycles. The molecule has 1 saturated heterocycles. The monoisotopic (exact) mass is 716 g/mol. The van der Waals surface area contributed by atoms with Crippen LogP contribution < -0.4 is 0 Å². The third-order valence-corrected chi connectivity index (χ3v) is 9.62. The number of allylic oxidation sites excluding steroid dienone is 1. The first-order valence-electron chi connectivity index (χ1n) is 20.0. The SMILES string of the molecule is CCCCCC1OC1C/C=C\CCCCCCCC(=O)O[C@H](COC(=O)CCCCCCCCCCCCCCC(C)C)COP(=O)(O)O. The van der Waals surface area contributed by atoms with Crippen molar-refractivity contribution in [3.63, 3.8) is 0 Å². The van der Waals surface area contributed by atoms with Crippen LogP contribution in [0.4, 0.5) is 0 Å². The first-order chi connectivity index (χ1) is 23.6. The largest absolute Gasteiger partial charge is 0.469 e. The standard InChI is InChI=1S/C39H73O9P/c1-4-5-22-28-36-37(48-36)29-24-19-15-12-13-17-21-26-31-39(41)47-35(33-46-49(42,43)44)32-45-38(40)30-25-20-16-11-9-7-6-8-10-14-18-23-27-34(2)3/h19,24,34-37H,4-18,20-23,25-33H2,1-3H3,(H2,42,43,44)/b24-19-/t35-,36?,37?/m1/s1. The van der Waals surface area contributed by atoms with Gasteiger partial charge in [-0.05, 0) is 44.4 Å². The van der Waals surface area contributed by atoms with Gasteiger partial charge in [0.05, 0.1) is 18.8 Å². The maximum atomic E-state index is 12.4. The van der Waals surface area contributed by atoms with Crippen molar-refractivity contribution in [2.75, 3.05) is 13.2 Å². The molecule has 0 radical (unpaired) electrons. The lowest BCUT2D eigenvalue weighted by atomic mass is 10.0. The fraction of sp³-hybridized carbons (Fsp3) is 0.897. The lowest BCUT2D eigenvalue weighted by Crippen LogP contribution is -2.29. The lowest BCUT2D eigenvalue weighted by molar-refractivity contribution is -0.161. The van der Waals surface area contributed by atoms with Crippen LogP contribution in [0.25, 0.3) is 0 Å². The highest BCUT2D eigenvalue weighted by molar-refractivity contribution is 7.46. The van der Waals surface area contributed by atoms with Crippen molar-refractivity contribution in [1.29, 1.82) is 0 Å². The molecule has 0 saturated carbocycles. The zero-order valence-corrected chi connectivity index (χ0v) is 32.4. The number of esters is 2. The minimum absolute atomic E-state index is 0.194. The van der Waals surface area contributed by atoms with E-state index in [1.54, 1.807) is 0 Å². The Bertz CT molecular complexity index is 888. The highest BCUT2D eigenvalue weighted by Crippen LogP contribution is 2.36. The number of hydrogen-bond donors (Lipinski definition) is 2. The van der Waals surface area contributed by atoms with Crippen molar-refractivity contribution >= 4 is 19.8 Å². The van der Waals surface area contributed by atoms with Crippen LogP contribution in [0.2, 0.25) is 0 Å². The molecule has 1 rings (SSSR count). The number of rotatable bonds is 35. The topological polar surface area (TPSA) is 132 Å². The van der Waals surface area contributed by atoms with Gasteiger partial charge in [-0.25, -0.2) is 4.57 Å². The number of ether oxygens (including phenoxy) is 3. The Hall–Kier alpha value is -1.25. The molecule has 0 aliphatic carbocycles. The third kappa shape index (κ3) is 31.2. The number of epoxide rings is 1. The summed E-state index contributed by atoms with van der Waals surface area (Å²) in [6.45, 7) is 5.97. The van der Waals surface area contributed by atoms with Crippen molar-refractivity contribution in [2.45, 2.75) is 206 Å². The van der Waals surface area contributed by atoms with Crippen LogP contribution in [0, 0.1) is 5.92 Å². The molecule has 0 bridgehead atoms. The van der Waals surface area contributed by atoms with Gasteiger partial charge in [0.15, 0.2) is 6.10 Å². The molecule has 1 heterocycles. The highest BCUT2D eigenvalue weighted by atomic mass is 31.2. The average Bonchev–Trinajstić information content (AvgIpc) is 3.80. The summed E-state index contributed by atoms with van der Waals surface area (Å²) < 4.78 is 32.1. The molecule has 1 aliphatic rings. The second kappa shape index (κ2) is 30.4. The Balaban J connectivity index is 2.06. The van der Waals surface area contributed by atoms with Gasteiger partial charge in [0.25, 0.3) is 0 Å². The summed E-state index contributed by atoms with van der Waals surface area (Å²) in [7, 11) is -4.75. The van der Waals surface area contributed by atoms with E-state index >= 15 is 0 Å². The molecule has 288 valence electrons. The van der Waals surface area contributed by atoms with Gasteiger partial charge < -0.3 is 24.0 Å². The summed E-state index contributed by atoms with van der Waals surface area (Å²) in [6.07, 6.45) is 32.5. The molecule has 3 atom stereocenters. The second-order valence-corrected chi connectivity index (χ2v) is 15.7. The molecule has 0 aromatic carbocycles. The molecule has 1 aliphatic heterocycles. The Labute approximate surface area is 299 Å². The van der Waals surface area contributed by atoms with E-state index in [0.717, 1.165) is 63.7 Å². The van der Waals surface area contributed by atoms with Gasteiger partial charge in [-0.15, -0.1) is 0 Å². The number of carbonyl (C=O) groups excluding carboxylic acids is 2. The first kappa shape index (κ1) is 45.8. The molecular weight excluding hydrogens is 643 g/mol. The molecule has 0 amide bonds. The minimum atomic E-state index is -4.75. The maximum Gasteiger partial charge on any atom is 0.469 e. The van der Waals surface area contributed by atoms with Crippen LogP contribution in [-0.4, -0.2) is 53.3 Å². The van der Waals surface area contributed by atoms with E-state index in [0.29, 0.717) is 18.6 Å². The van der Waals surface area contributed by atoms with E-state index in [1.807, 2.05) is 0 Å². The predicted molar refractivity (Wildman–Crippen MR) is 197 cm³/mol. The molecule has 0 spiro atoms. The fourth-order valence-electron chi connectivity index (χ4n) is 6.03. The Kier molecular flexibility index (Phi) is 28.4. The number of phosphoric ester groups is 1. The van der Waals surface area contributed by atoms with E-state index < -0.39 is 32.5 Å². The van der Waals surface area contributed by atoms with Gasteiger partial charge in [-0.2, -0.15) is 0 Å². The van der Waals surface area contributed by atoms with Crippen LogP contribution in [0.1, 0.15) is 188 Å². The van der Waals surface area contributed by atoms with Gasteiger partial charge in [-0.3, -0.25) is 14.1 Å². The van der Waals surface area contributed by atoms with Crippen LogP contribution in [-0.2, 0) is 32.9 Å². The molecule has 1 fully saturated rings. The number of hydrogen-bond acceptors (Lipinski definition) is 7. The smallest absolute Gasteiger partial charge is 0.462 e. The summed E-state index contributed by atoms with van der Waals surface area (Å²) in [4.78, 5) is 42.8. The van der Waals surface area contributed by atoms with Crippen molar-refractivity contribution in [1.82, 2.24) is 0 Å². The Morgan fingerprint density at radius 3 is 1.82 bits per heavy atom. The maximum absolute atomic E-state index is 12.4. The molecule has 10 heteroatoms. The third-order valence-electron chi connectivity index (χ3n) is 9.14. The van der Waals surface area contributed by atoms with Crippen molar-refractivity contribution in [3.8, 4) is 0 Å². The molecule has 0 aromatic rings. The summed E-state index contributed by atoms with van der Waals surface area (Å²) in [5.41, 5.74) is 0. The fourth-order valence-corrected chi connectivity index (χ4v) is 6.40. The normalized spacial score (nSPS) is 16.8. The molecule has 2 unspecified atom stereocenters. The summed E-state index contributed by atoms with van der Waals surface area (Å²) in [6, 6.07) is 0. The quantitative estimate of drug-likeness (QED) is 0.0216. The molecule has 9 nitrogen and oxygen atoms in total. The van der Waals surface area contributed by atoms with Gasteiger partial charge >= 0.3 is 19.8 Å². The summed E-state index contributed by atoms with van der Waals surface area (Å²) in [5, 5.41) is 0. The highest BCUT2D eigenvalue weighted by Gasteiger charge is 2.36. The molecular formula is C39H73O9P. The minimum Gasteiger partial charge on any atom is -0.462 e. The van der Waals surface area contributed by atoms with E-state index in [2.05, 4.69) is 37.4 Å². The van der Waals surface area contributed by atoms with Gasteiger partial charge in [0, 0.05) is 12.8 Å². The summed E-state index contributed by atoms with van der Waals surface area (Å²) in [5.74, 6) is -0.0826. The van der Waals surface area contributed by atoms with Gasteiger partial charge in [0.1, 0.15) is 6.61 Å². The number of unbranched alkanes of at least 4 members (excludes halogenated alkanes) is 18. The van der Waals surface area contributed by atoms with E-state index in [1.165, 1.54) is 89.9 Å². The average molecular weight is 717 g/mol. The van der Waals surface area contributed by atoms with Gasteiger partial charge in [-0.1, -0.05) is 148 Å². The van der Waals surface area contributed by atoms with Crippen LogP contribution in [0.3, 0.4) is 0 Å². The first-order valence-corrected chi connectivity index (χ1v) is 21.5. The van der Waals surface area contributed by atoms with Gasteiger partial charge in [0.2, 0.25) is 0 Å². The van der Waals surface area contributed by atoms with Crippen molar-refractivity contribution in [3.05, 3.63) is 12.2 Å². The van der Waals surface area contributed by atoms with Crippen LogP contribution in [0.15, 0.2) is 12.2 Å². The molecule has 2 N–H and O–H groups in total. The second-order valence-electron chi connectivity index (χ2n) is 14.5. The van der Waals surface area contributed by atoms with E-state index in [9.17, 15) is 14.2 Å². The van der Waals surface area contributed by atoms with Crippen molar-refractivity contribution < 1.29 is 42.7 Å². The predicted octanol–water partition coefficient (Wildman–Crippen LogP) is 10.7. The zero-order valence-electron chi connectivity index (χ0n) is 31.5.